The summed E-state index contributed by atoms with van der Waals surface area (Å²) in [6.45, 7) is 6.75. The Morgan fingerprint density at radius 1 is 1.12 bits per heavy atom. The molecule has 0 saturated carbocycles. The lowest BCUT2D eigenvalue weighted by molar-refractivity contribution is -0.136. The van der Waals surface area contributed by atoms with Crippen LogP contribution in [0.25, 0.3) is 5.69 Å². The fourth-order valence-electron chi connectivity index (χ4n) is 3.31. The Morgan fingerprint density at radius 3 is 2.56 bits per heavy atom. The largest absolute Gasteiger partial charge is 0.490 e. The van der Waals surface area contributed by atoms with Gasteiger partial charge in [0.25, 0.3) is 0 Å². The van der Waals surface area contributed by atoms with E-state index in [9.17, 15) is 4.79 Å². The predicted octanol–water partition coefficient (Wildman–Crippen LogP) is 4.65. The van der Waals surface area contributed by atoms with Crippen LogP contribution >= 0.6 is 0 Å². The molecule has 0 atom stereocenters. The van der Waals surface area contributed by atoms with Crippen molar-refractivity contribution in [2.75, 3.05) is 13.2 Å². The van der Waals surface area contributed by atoms with Crippen LogP contribution < -0.4 is 4.74 Å². The van der Waals surface area contributed by atoms with Crippen LogP contribution in [-0.4, -0.2) is 39.8 Å². The molecule has 0 bridgehead atoms. The average molecular weight is 436 g/mol. The number of hydrogen-bond acceptors (Lipinski definition) is 5. The van der Waals surface area contributed by atoms with Crippen LogP contribution in [0.5, 0.6) is 5.75 Å². The number of carboxylic acids is 1. The molecule has 1 aromatic heterocycles. The van der Waals surface area contributed by atoms with Crippen molar-refractivity contribution in [3.63, 3.8) is 0 Å². The van der Waals surface area contributed by atoms with E-state index in [1.165, 1.54) is 0 Å². The third-order valence-electron chi connectivity index (χ3n) is 4.92. The first-order valence-corrected chi connectivity index (χ1v) is 10.7. The van der Waals surface area contributed by atoms with Gasteiger partial charge in [-0.15, -0.1) is 0 Å². The van der Waals surface area contributed by atoms with E-state index >= 15 is 0 Å². The molecule has 7 heteroatoms. The number of carboxylic acid groups (broad SMARTS) is 1. The minimum absolute atomic E-state index is 0.0262. The highest BCUT2D eigenvalue weighted by Gasteiger charge is 2.10. The van der Waals surface area contributed by atoms with Gasteiger partial charge in [0.05, 0.1) is 17.8 Å². The minimum Gasteiger partial charge on any atom is -0.490 e. The van der Waals surface area contributed by atoms with E-state index in [1.54, 1.807) is 18.3 Å². The molecule has 0 amide bonds. The van der Waals surface area contributed by atoms with Crippen molar-refractivity contribution in [3.05, 3.63) is 77.6 Å². The van der Waals surface area contributed by atoms with Crippen molar-refractivity contribution in [3.8, 4) is 11.4 Å². The number of rotatable bonds is 11. The standard InChI is InChI=1S/C25H29N3O4/c1-18(2)16-23(20-8-10-22(11-9-20)28-13-5-12-26-28)27-32-15-14-31-24-7-4-6-21(19(24)3)17-25(29)30/h4-13,18H,14-17H2,1-3H3,(H,29,30). The molecule has 7 nitrogen and oxygen atoms in total. The van der Waals surface area contributed by atoms with Crippen LogP contribution in [0.15, 0.2) is 66.1 Å². The smallest absolute Gasteiger partial charge is 0.307 e. The van der Waals surface area contributed by atoms with Crippen molar-refractivity contribution in [1.82, 2.24) is 9.78 Å². The lowest BCUT2D eigenvalue weighted by Crippen LogP contribution is -2.10. The summed E-state index contributed by atoms with van der Waals surface area (Å²) in [5, 5.41) is 17.6. The van der Waals surface area contributed by atoms with Crippen LogP contribution in [0.2, 0.25) is 0 Å². The van der Waals surface area contributed by atoms with Gasteiger partial charge in [0.2, 0.25) is 0 Å². The summed E-state index contributed by atoms with van der Waals surface area (Å²) >= 11 is 0. The van der Waals surface area contributed by atoms with Crippen LogP contribution in [0, 0.1) is 12.8 Å². The number of nitrogens with zero attached hydrogens (tertiary/aromatic N) is 3. The summed E-state index contributed by atoms with van der Waals surface area (Å²) in [5.41, 5.74) is 4.44. The van der Waals surface area contributed by atoms with Crippen molar-refractivity contribution < 1.29 is 19.5 Å². The zero-order valence-electron chi connectivity index (χ0n) is 18.7. The molecule has 1 N–H and O–H groups in total. The minimum atomic E-state index is -0.863. The SMILES string of the molecule is Cc1c(CC(=O)O)cccc1OCCON=C(CC(C)C)c1ccc(-n2cccn2)cc1. The number of aliphatic carboxylic acids is 1. The maximum absolute atomic E-state index is 11.0. The highest BCUT2D eigenvalue weighted by Crippen LogP contribution is 2.22. The van der Waals surface area contributed by atoms with E-state index in [-0.39, 0.29) is 13.0 Å². The highest BCUT2D eigenvalue weighted by molar-refractivity contribution is 6.00. The topological polar surface area (TPSA) is 85.9 Å². The number of oxime groups is 1. The predicted molar refractivity (Wildman–Crippen MR) is 124 cm³/mol. The fourth-order valence-corrected chi connectivity index (χ4v) is 3.31. The molecule has 32 heavy (non-hydrogen) atoms. The van der Waals surface area contributed by atoms with E-state index in [0.29, 0.717) is 18.3 Å². The molecule has 0 radical (unpaired) electrons. The first-order valence-electron chi connectivity index (χ1n) is 10.7. The van der Waals surface area contributed by atoms with Crippen molar-refractivity contribution in [2.45, 2.75) is 33.6 Å². The lowest BCUT2D eigenvalue weighted by atomic mass is 10.0. The molecule has 0 unspecified atom stereocenters. The molecule has 3 aromatic rings. The Kier molecular flexibility index (Phi) is 8.02. The second-order valence-electron chi connectivity index (χ2n) is 7.93. The fraction of sp³-hybridized carbons (Fsp3) is 0.320. The molecule has 0 fully saturated rings. The van der Waals surface area contributed by atoms with E-state index in [1.807, 2.05) is 54.2 Å². The lowest BCUT2D eigenvalue weighted by Gasteiger charge is -2.12. The number of aromatic nitrogens is 2. The molecule has 1 heterocycles. The third-order valence-corrected chi connectivity index (χ3v) is 4.92. The van der Waals surface area contributed by atoms with E-state index in [0.717, 1.165) is 34.5 Å². The van der Waals surface area contributed by atoms with Gasteiger partial charge in [-0.1, -0.05) is 43.3 Å². The molecular weight excluding hydrogens is 406 g/mol. The molecule has 0 aliphatic rings. The summed E-state index contributed by atoms with van der Waals surface area (Å²) in [6.07, 6.45) is 4.42. The molecule has 0 aliphatic carbocycles. The number of carbonyl (C=O) groups is 1. The van der Waals surface area contributed by atoms with Crippen LogP contribution in [0.4, 0.5) is 0 Å². The molecular formula is C25H29N3O4. The first-order chi connectivity index (χ1) is 15.4. The van der Waals surface area contributed by atoms with Gasteiger partial charge in [0, 0.05) is 12.4 Å². The van der Waals surface area contributed by atoms with Gasteiger partial charge in [0.15, 0.2) is 6.61 Å². The van der Waals surface area contributed by atoms with Crippen LogP contribution in [0.3, 0.4) is 0 Å². The number of benzene rings is 2. The summed E-state index contributed by atoms with van der Waals surface area (Å²) in [5.74, 6) is 0.227. The maximum Gasteiger partial charge on any atom is 0.307 e. The summed E-state index contributed by atoms with van der Waals surface area (Å²) in [7, 11) is 0. The zero-order chi connectivity index (χ0) is 22.9. The Bertz CT molecular complexity index is 1040. The summed E-state index contributed by atoms with van der Waals surface area (Å²) in [4.78, 5) is 16.5. The van der Waals surface area contributed by atoms with Gasteiger partial charge in [-0.3, -0.25) is 4.79 Å². The second-order valence-corrected chi connectivity index (χ2v) is 7.93. The number of ether oxygens (including phenoxy) is 1. The summed E-state index contributed by atoms with van der Waals surface area (Å²) < 4.78 is 7.60. The van der Waals surface area contributed by atoms with Gasteiger partial charge in [-0.05, 0) is 60.2 Å². The van der Waals surface area contributed by atoms with E-state index < -0.39 is 5.97 Å². The van der Waals surface area contributed by atoms with Gasteiger partial charge >= 0.3 is 5.97 Å². The van der Waals surface area contributed by atoms with Gasteiger partial charge in [-0.25, -0.2) is 4.68 Å². The summed E-state index contributed by atoms with van der Waals surface area (Å²) in [6, 6.07) is 15.4. The quantitative estimate of drug-likeness (QED) is 0.269. The Morgan fingerprint density at radius 2 is 1.91 bits per heavy atom. The normalized spacial score (nSPS) is 11.6. The van der Waals surface area contributed by atoms with Crippen molar-refractivity contribution in [1.29, 1.82) is 0 Å². The Labute approximate surface area is 188 Å². The molecule has 0 saturated heterocycles. The van der Waals surface area contributed by atoms with Crippen molar-refractivity contribution in [2.24, 2.45) is 11.1 Å². The Hall–Kier alpha value is -3.61. The molecule has 168 valence electrons. The second kappa shape index (κ2) is 11.1. The van der Waals surface area contributed by atoms with Gasteiger partial charge in [-0.2, -0.15) is 5.10 Å². The molecule has 2 aromatic carbocycles. The molecule has 0 aliphatic heterocycles. The van der Waals surface area contributed by atoms with Crippen LogP contribution in [-0.2, 0) is 16.1 Å². The zero-order valence-corrected chi connectivity index (χ0v) is 18.7. The van der Waals surface area contributed by atoms with Crippen molar-refractivity contribution >= 4 is 11.7 Å². The maximum atomic E-state index is 11.0. The van der Waals surface area contributed by atoms with E-state index in [4.69, 9.17) is 14.7 Å². The van der Waals surface area contributed by atoms with E-state index in [2.05, 4.69) is 24.1 Å². The highest BCUT2D eigenvalue weighted by atomic mass is 16.6. The Balaban J connectivity index is 1.59. The van der Waals surface area contributed by atoms with Gasteiger partial charge < -0.3 is 14.7 Å². The van der Waals surface area contributed by atoms with Crippen LogP contribution in [0.1, 0.15) is 37.0 Å². The molecule has 3 rings (SSSR count). The van der Waals surface area contributed by atoms with Gasteiger partial charge in [0.1, 0.15) is 12.4 Å². The first kappa shape index (κ1) is 23.1. The number of hydrogen-bond donors (Lipinski definition) is 1. The monoisotopic (exact) mass is 435 g/mol. The third kappa shape index (κ3) is 6.44. The average Bonchev–Trinajstić information content (AvgIpc) is 3.29. The molecule has 0 spiro atoms.